The van der Waals surface area contributed by atoms with E-state index >= 15 is 0 Å². The summed E-state index contributed by atoms with van der Waals surface area (Å²) in [5, 5.41) is 0. The highest BCUT2D eigenvalue weighted by atomic mass is 14.3. The van der Waals surface area contributed by atoms with E-state index < -0.39 is 0 Å². The van der Waals surface area contributed by atoms with Crippen molar-refractivity contribution >= 4 is 0 Å². The van der Waals surface area contributed by atoms with Crippen LogP contribution in [-0.2, 0) is 0 Å². The number of rotatable bonds is 7. The first-order valence-electron chi connectivity index (χ1n) is 7.08. The van der Waals surface area contributed by atoms with Gasteiger partial charge in [0.15, 0.2) is 0 Å². The third-order valence-electron chi connectivity index (χ3n) is 3.51. The van der Waals surface area contributed by atoms with Crippen molar-refractivity contribution in [3.8, 4) is 0 Å². The van der Waals surface area contributed by atoms with Crippen molar-refractivity contribution in [3.63, 3.8) is 0 Å². The summed E-state index contributed by atoms with van der Waals surface area (Å²) in [4.78, 5) is 0. The molecule has 0 saturated carbocycles. The van der Waals surface area contributed by atoms with Crippen molar-refractivity contribution in [3.05, 3.63) is 5.92 Å². The first-order valence-corrected chi connectivity index (χ1v) is 7.08. The zero-order valence-corrected chi connectivity index (χ0v) is 12.7. The van der Waals surface area contributed by atoms with E-state index in [9.17, 15) is 0 Å². The van der Waals surface area contributed by atoms with E-state index in [2.05, 4.69) is 48.5 Å². The summed E-state index contributed by atoms with van der Waals surface area (Å²) in [5.74, 6) is 1.76. The number of hydrogen-bond acceptors (Lipinski definition) is 0. The fourth-order valence-corrected chi connectivity index (χ4v) is 2.35. The molecule has 0 unspecified atom stereocenters. The molecule has 0 aliphatic carbocycles. The van der Waals surface area contributed by atoms with Gasteiger partial charge >= 0.3 is 0 Å². The molecule has 0 aromatic carbocycles. The van der Waals surface area contributed by atoms with Crippen LogP contribution in [-0.4, -0.2) is 0 Å². The maximum absolute atomic E-state index is 2.43. The first-order chi connectivity index (χ1) is 7.23. The SMILES string of the molecule is CCCCC(C)(C)C[C](CCC)C(C)(C)C. The lowest BCUT2D eigenvalue weighted by molar-refractivity contribution is 0.251. The highest BCUT2D eigenvalue weighted by Gasteiger charge is 2.30. The molecule has 0 aromatic heterocycles. The van der Waals surface area contributed by atoms with Crippen molar-refractivity contribution in [2.45, 2.75) is 87.0 Å². The average Bonchev–Trinajstić information content (AvgIpc) is 2.12. The van der Waals surface area contributed by atoms with E-state index in [1.165, 1.54) is 38.5 Å². The van der Waals surface area contributed by atoms with Gasteiger partial charge in [0.05, 0.1) is 0 Å². The van der Waals surface area contributed by atoms with Crippen LogP contribution in [0, 0.1) is 16.7 Å². The van der Waals surface area contributed by atoms with Gasteiger partial charge in [-0.3, -0.25) is 0 Å². The van der Waals surface area contributed by atoms with Crippen LogP contribution in [0.25, 0.3) is 0 Å². The quantitative estimate of drug-likeness (QED) is 0.497. The van der Waals surface area contributed by atoms with Crippen LogP contribution in [0.1, 0.15) is 87.0 Å². The minimum absolute atomic E-state index is 0.388. The summed E-state index contributed by atoms with van der Waals surface area (Å²) in [6.45, 7) is 16.6. The molecule has 0 heterocycles. The molecule has 0 aliphatic rings. The molecule has 0 heteroatoms. The minimum atomic E-state index is 0.388. The predicted octanol–water partition coefficient (Wildman–Crippen LogP) is 6.01. The Morgan fingerprint density at radius 1 is 0.875 bits per heavy atom. The molecule has 0 aromatic rings. The third-order valence-corrected chi connectivity index (χ3v) is 3.51. The number of hydrogen-bond donors (Lipinski definition) is 0. The molecule has 97 valence electrons. The Morgan fingerprint density at radius 2 is 1.44 bits per heavy atom. The first kappa shape index (κ1) is 16.0. The van der Waals surface area contributed by atoms with Gasteiger partial charge in [-0.1, -0.05) is 67.7 Å². The van der Waals surface area contributed by atoms with Crippen molar-refractivity contribution < 1.29 is 0 Å². The molecule has 0 N–H and O–H groups in total. The maximum Gasteiger partial charge on any atom is -0.0182 e. The van der Waals surface area contributed by atoms with Gasteiger partial charge in [0.2, 0.25) is 0 Å². The molecule has 0 saturated heterocycles. The van der Waals surface area contributed by atoms with Gasteiger partial charge < -0.3 is 0 Å². The van der Waals surface area contributed by atoms with Gasteiger partial charge in [0.25, 0.3) is 0 Å². The zero-order chi connectivity index (χ0) is 12.8. The molecular weight excluding hydrogens is 192 g/mol. The fraction of sp³-hybridized carbons (Fsp3) is 0.938. The van der Waals surface area contributed by atoms with Crippen LogP contribution in [0.15, 0.2) is 0 Å². The molecule has 0 rings (SSSR count). The molecule has 0 amide bonds. The molecule has 0 atom stereocenters. The van der Waals surface area contributed by atoms with Gasteiger partial charge in [-0.05, 0) is 36.0 Å². The normalized spacial score (nSPS) is 13.5. The topological polar surface area (TPSA) is 0 Å². The van der Waals surface area contributed by atoms with Crippen LogP contribution in [0.5, 0.6) is 0 Å². The summed E-state index contributed by atoms with van der Waals surface area (Å²) in [5.41, 5.74) is 0.882. The molecule has 0 nitrogen and oxygen atoms in total. The van der Waals surface area contributed by atoms with Crippen molar-refractivity contribution in [1.29, 1.82) is 0 Å². The highest BCUT2D eigenvalue weighted by molar-refractivity contribution is 5.03. The van der Waals surface area contributed by atoms with Gasteiger partial charge in [-0.2, -0.15) is 0 Å². The van der Waals surface area contributed by atoms with Crippen molar-refractivity contribution in [1.82, 2.24) is 0 Å². The van der Waals surface area contributed by atoms with Crippen molar-refractivity contribution in [2.24, 2.45) is 10.8 Å². The van der Waals surface area contributed by atoms with E-state index in [4.69, 9.17) is 0 Å². The molecule has 16 heavy (non-hydrogen) atoms. The molecule has 0 aliphatic heterocycles. The second-order valence-electron chi connectivity index (χ2n) is 7.05. The Balaban J connectivity index is 4.37. The minimum Gasteiger partial charge on any atom is -0.0654 e. The summed E-state index contributed by atoms with van der Waals surface area (Å²) in [6.07, 6.45) is 7.96. The summed E-state index contributed by atoms with van der Waals surface area (Å²) in [7, 11) is 0. The maximum atomic E-state index is 2.43. The fourth-order valence-electron chi connectivity index (χ4n) is 2.35. The molecule has 0 fully saturated rings. The average molecular weight is 225 g/mol. The smallest absolute Gasteiger partial charge is 0.0182 e. The Labute approximate surface area is 104 Å². The monoisotopic (exact) mass is 225 g/mol. The summed E-state index contributed by atoms with van der Waals surface area (Å²) in [6, 6.07) is 0. The standard InChI is InChI=1S/C16H33/c1-8-10-12-16(6,7)13-14(11-9-2)15(3,4)5/h8-13H2,1-7H3. The Bertz CT molecular complexity index is 171. The van der Waals surface area contributed by atoms with Gasteiger partial charge in [0.1, 0.15) is 0 Å². The number of unbranched alkanes of at least 4 members (excludes halogenated alkanes) is 1. The summed E-state index contributed by atoms with van der Waals surface area (Å²) < 4.78 is 0. The lowest BCUT2D eigenvalue weighted by atomic mass is 9.68. The second kappa shape index (κ2) is 6.67. The lowest BCUT2D eigenvalue weighted by Crippen LogP contribution is -2.25. The van der Waals surface area contributed by atoms with Crippen LogP contribution in [0.4, 0.5) is 0 Å². The van der Waals surface area contributed by atoms with Gasteiger partial charge in [0, 0.05) is 0 Å². The predicted molar refractivity (Wildman–Crippen MR) is 75.5 cm³/mol. The Kier molecular flexibility index (Phi) is 6.67. The van der Waals surface area contributed by atoms with E-state index in [0.717, 1.165) is 0 Å². The summed E-state index contributed by atoms with van der Waals surface area (Å²) >= 11 is 0. The highest BCUT2D eigenvalue weighted by Crippen LogP contribution is 2.42. The Morgan fingerprint density at radius 3 is 1.81 bits per heavy atom. The van der Waals surface area contributed by atoms with Crippen LogP contribution >= 0.6 is 0 Å². The van der Waals surface area contributed by atoms with E-state index in [1.807, 2.05) is 0 Å². The van der Waals surface area contributed by atoms with E-state index in [0.29, 0.717) is 10.8 Å². The molecular formula is C16H33. The van der Waals surface area contributed by atoms with E-state index in [1.54, 1.807) is 5.92 Å². The molecule has 0 spiro atoms. The van der Waals surface area contributed by atoms with Crippen LogP contribution < -0.4 is 0 Å². The van der Waals surface area contributed by atoms with Gasteiger partial charge in [-0.15, -0.1) is 0 Å². The second-order valence-corrected chi connectivity index (χ2v) is 7.05. The van der Waals surface area contributed by atoms with Gasteiger partial charge in [-0.25, -0.2) is 0 Å². The molecule has 1 radical (unpaired) electrons. The van der Waals surface area contributed by atoms with Crippen LogP contribution in [0.2, 0.25) is 0 Å². The lowest BCUT2D eigenvalue weighted by Gasteiger charge is -2.37. The third kappa shape index (κ3) is 6.55. The largest absolute Gasteiger partial charge is 0.0654 e. The van der Waals surface area contributed by atoms with Crippen LogP contribution in [0.3, 0.4) is 0 Å². The zero-order valence-electron chi connectivity index (χ0n) is 12.7. The van der Waals surface area contributed by atoms with E-state index in [-0.39, 0.29) is 0 Å². The van der Waals surface area contributed by atoms with Crippen molar-refractivity contribution in [2.75, 3.05) is 0 Å². The Hall–Kier alpha value is 0. The molecule has 0 bridgehead atoms.